The van der Waals surface area contributed by atoms with Crippen molar-refractivity contribution in [2.45, 2.75) is 32.7 Å². The van der Waals surface area contributed by atoms with Crippen LogP contribution < -0.4 is 15.5 Å². The molecule has 3 N–H and O–H groups in total. The molecule has 0 amide bonds. The molecule has 2 aromatic rings. The summed E-state index contributed by atoms with van der Waals surface area (Å²) in [7, 11) is 4.36. The third-order valence-corrected chi connectivity index (χ3v) is 4.82. The minimum atomic E-state index is 0.355. The van der Waals surface area contributed by atoms with Gasteiger partial charge in [-0.15, -0.1) is 0 Å². The summed E-state index contributed by atoms with van der Waals surface area (Å²) in [6.45, 7) is 5.14. The first-order valence-electron chi connectivity index (χ1n) is 9.06. The van der Waals surface area contributed by atoms with Crippen LogP contribution in [0.3, 0.4) is 0 Å². The van der Waals surface area contributed by atoms with Gasteiger partial charge in [0.2, 0.25) is 0 Å². The lowest BCUT2D eigenvalue weighted by Gasteiger charge is -2.23. The molecule has 0 aliphatic carbocycles. The zero-order valence-electron chi connectivity index (χ0n) is 15.7. The Morgan fingerprint density at radius 3 is 1.92 bits per heavy atom. The smallest absolute Gasteiger partial charge is 0.171 e. The molecule has 0 saturated heterocycles. The van der Waals surface area contributed by atoms with E-state index in [2.05, 4.69) is 87.1 Å². The molecule has 0 heterocycles. The maximum Gasteiger partial charge on any atom is 0.171 e. The lowest BCUT2D eigenvalue weighted by molar-refractivity contribution is -0.890. The van der Waals surface area contributed by atoms with Crippen LogP contribution in [0.2, 0.25) is 0 Å². The third-order valence-electron chi connectivity index (χ3n) is 4.57. The Hall–Kier alpha value is -1.91. The number of quaternary nitrogens is 1. The van der Waals surface area contributed by atoms with Gasteiger partial charge in [-0.1, -0.05) is 50.2 Å². The Kier molecular flexibility index (Phi) is 7.41. The number of rotatable bonds is 7. The molecule has 0 aliphatic rings. The molecule has 25 heavy (non-hydrogen) atoms. The molecule has 0 spiro atoms. The number of anilines is 1. The fraction of sp³-hybridized carbons (Fsp3) is 0.381. The fourth-order valence-corrected chi connectivity index (χ4v) is 3.04. The summed E-state index contributed by atoms with van der Waals surface area (Å²) in [6, 6.07) is 17.7. The van der Waals surface area contributed by atoms with Gasteiger partial charge in [-0.05, 0) is 48.3 Å². The van der Waals surface area contributed by atoms with Crippen molar-refractivity contribution in [2.24, 2.45) is 0 Å². The fourth-order valence-electron chi connectivity index (χ4n) is 2.83. The van der Waals surface area contributed by atoms with Gasteiger partial charge < -0.3 is 15.5 Å². The minimum Gasteiger partial charge on any atom is -0.356 e. The Labute approximate surface area is 157 Å². The van der Waals surface area contributed by atoms with Crippen LogP contribution in [0.1, 0.15) is 36.6 Å². The first kappa shape index (κ1) is 19.4. The van der Waals surface area contributed by atoms with E-state index in [4.69, 9.17) is 12.2 Å². The molecule has 1 atom stereocenters. The standard InChI is InChI=1S/C21H29N3S/c1-5-16-7-11-18(12-8-16)20(24(3)4)15-22-21(25)23-19-13-9-17(6-2)10-14-19/h7-14,20H,5-6,15H2,1-4H3,(H2,22,23,25)/p+1/t20-/m0/s1. The number of aryl methyl sites for hydroxylation is 2. The minimum absolute atomic E-state index is 0.355. The largest absolute Gasteiger partial charge is 0.356 e. The molecule has 0 aromatic heterocycles. The SMILES string of the molecule is CCc1ccc(NC(=S)NC[C@@H](c2ccc(CC)cc2)[NH+](C)C)cc1. The van der Waals surface area contributed by atoms with E-state index in [0.717, 1.165) is 25.1 Å². The van der Waals surface area contributed by atoms with Crippen molar-refractivity contribution in [2.75, 3.05) is 26.0 Å². The molecule has 0 radical (unpaired) electrons. The van der Waals surface area contributed by atoms with Gasteiger partial charge in [0, 0.05) is 11.3 Å². The molecule has 134 valence electrons. The first-order valence-corrected chi connectivity index (χ1v) is 9.47. The van der Waals surface area contributed by atoms with E-state index < -0.39 is 0 Å². The molecule has 4 heteroatoms. The highest BCUT2D eigenvalue weighted by atomic mass is 32.1. The summed E-state index contributed by atoms with van der Waals surface area (Å²) in [4.78, 5) is 1.38. The molecular weight excluding hydrogens is 326 g/mol. The summed E-state index contributed by atoms with van der Waals surface area (Å²) >= 11 is 5.46. The van der Waals surface area contributed by atoms with Crippen LogP contribution in [0.15, 0.2) is 48.5 Å². The van der Waals surface area contributed by atoms with E-state index in [9.17, 15) is 0 Å². The maximum atomic E-state index is 5.46. The van der Waals surface area contributed by atoms with Crippen LogP contribution in [-0.2, 0) is 12.8 Å². The van der Waals surface area contributed by atoms with Crippen LogP contribution in [0.5, 0.6) is 0 Å². The van der Waals surface area contributed by atoms with E-state index in [1.807, 2.05) is 0 Å². The quantitative estimate of drug-likeness (QED) is 0.666. The number of hydrogen-bond donors (Lipinski definition) is 3. The molecule has 2 rings (SSSR count). The van der Waals surface area contributed by atoms with Crippen molar-refractivity contribution in [3.05, 3.63) is 65.2 Å². The number of benzene rings is 2. The molecule has 3 nitrogen and oxygen atoms in total. The van der Waals surface area contributed by atoms with Crippen molar-refractivity contribution in [3.8, 4) is 0 Å². The third kappa shape index (κ3) is 5.83. The van der Waals surface area contributed by atoms with Crippen LogP contribution in [0.25, 0.3) is 0 Å². The topological polar surface area (TPSA) is 28.5 Å². The average molecular weight is 357 g/mol. The molecule has 0 aliphatic heterocycles. The number of thiocarbonyl (C=S) groups is 1. The summed E-state index contributed by atoms with van der Waals surface area (Å²) in [5, 5.41) is 7.30. The Balaban J connectivity index is 1.93. The first-order chi connectivity index (χ1) is 12.0. The van der Waals surface area contributed by atoms with Gasteiger partial charge in [-0.3, -0.25) is 0 Å². The van der Waals surface area contributed by atoms with Crippen molar-refractivity contribution in [3.63, 3.8) is 0 Å². The zero-order chi connectivity index (χ0) is 18.2. The number of hydrogen-bond acceptors (Lipinski definition) is 1. The van der Waals surface area contributed by atoms with Crippen LogP contribution in [0.4, 0.5) is 5.69 Å². The summed E-state index contributed by atoms with van der Waals surface area (Å²) in [6.07, 6.45) is 2.12. The van der Waals surface area contributed by atoms with Gasteiger partial charge in [-0.2, -0.15) is 0 Å². The normalized spacial score (nSPS) is 12.0. The number of nitrogens with one attached hydrogen (secondary N) is 3. The highest BCUT2D eigenvalue weighted by Crippen LogP contribution is 2.12. The van der Waals surface area contributed by atoms with Crippen LogP contribution in [0, 0.1) is 0 Å². The Morgan fingerprint density at radius 2 is 1.44 bits per heavy atom. The van der Waals surface area contributed by atoms with Crippen LogP contribution >= 0.6 is 12.2 Å². The van der Waals surface area contributed by atoms with Gasteiger partial charge in [0.05, 0.1) is 20.6 Å². The predicted molar refractivity (Wildman–Crippen MR) is 111 cm³/mol. The molecule has 0 unspecified atom stereocenters. The monoisotopic (exact) mass is 356 g/mol. The van der Waals surface area contributed by atoms with Gasteiger partial charge in [0.25, 0.3) is 0 Å². The zero-order valence-corrected chi connectivity index (χ0v) is 16.5. The van der Waals surface area contributed by atoms with E-state index in [1.165, 1.54) is 21.6 Å². The molecule has 0 bridgehead atoms. The Bertz CT molecular complexity index is 663. The van der Waals surface area contributed by atoms with Crippen molar-refractivity contribution in [1.82, 2.24) is 5.32 Å². The summed E-state index contributed by atoms with van der Waals surface area (Å²) in [5.74, 6) is 0. The van der Waals surface area contributed by atoms with Crippen molar-refractivity contribution >= 4 is 23.0 Å². The van der Waals surface area contributed by atoms with Crippen molar-refractivity contribution in [1.29, 1.82) is 0 Å². The predicted octanol–water partition coefficient (Wildman–Crippen LogP) is 2.98. The van der Waals surface area contributed by atoms with Gasteiger partial charge >= 0.3 is 0 Å². The van der Waals surface area contributed by atoms with Gasteiger partial charge in [-0.25, -0.2) is 0 Å². The lowest BCUT2D eigenvalue weighted by atomic mass is 10.0. The second-order valence-corrected chi connectivity index (χ2v) is 7.02. The average Bonchev–Trinajstić information content (AvgIpc) is 2.62. The molecule has 0 saturated carbocycles. The van der Waals surface area contributed by atoms with E-state index >= 15 is 0 Å². The maximum absolute atomic E-state index is 5.46. The van der Waals surface area contributed by atoms with E-state index in [1.54, 1.807) is 0 Å². The van der Waals surface area contributed by atoms with Crippen molar-refractivity contribution < 1.29 is 4.90 Å². The lowest BCUT2D eigenvalue weighted by Crippen LogP contribution is -3.07. The van der Waals surface area contributed by atoms with Gasteiger partial charge in [0.1, 0.15) is 6.04 Å². The second kappa shape index (κ2) is 9.54. The highest BCUT2D eigenvalue weighted by Gasteiger charge is 2.17. The van der Waals surface area contributed by atoms with Gasteiger partial charge in [0.15, 0.2) is 5.11 Å². The summed E-state index contributed by atoms with van der Waals surface area (Å²) < 4.78 is 0. The Morgan fingerprint density at radius 1 is 0.920 bits per heavy atom. The van der Waals surface area contributed by atoms with Crippen LogP contribution in [-0.4, -0.2) is 25.8 Å². The second-order valence-electron chi connectivity index (χ2n) is 6.61. The molecular formula is C21H30N3S+. The number of likely N-dealkylation sites (N-methyl/N-ethyl adjacent to an activating group) is 1. The molecule has 2 aromatic carbocycles. The summed E-state index contributed by atoms with van der Waals surface area (Å²) in [5.41, 5.74) is 5.06. The highest BCUT2D eigenvalue weighted by molar-refractivity contribution is 7.80. The van der Waals surface area contributed by atoms with E-state index in [0.29, 0.717) is 11.2 Å². The van der Waals surface area contributed by atoms with E-state index in [-0.39, 0.29) is 0 Å². The molecule has 0 fully saturated rings.